The number of amides is 1. The number of carbonyl (C=O) groups excluding carboxylic acids is 1. The fourth-order valence-corrected chi connectivity index (χ4v) is 2.97. The predicted molar refractivity (Wildman–Crippen MR) is 70.5 cm³/mol. The van der Waals surface area contributed by atoms with E-state index in [1.165, 1.54) is 4.70 Å². The molecular formula is C13H10N2OS. The van der Waals surface area contributed by atoms with Gasteiger partial charge in [0.05, 0.1) is 4.70 Å². The standard InChI is InChI=1S/C13H10N2OS/c1-14-13(16)8-2-3-11-10(6-8)9-4-5-15-7-12(9)17-11/h2-7H,1H3,(H,14,16). The third-order valence-electron chi connectivity index (χ3n) is 2.76. The topological polar surface area (TPSA) is 42.0 Å². The van der Waals surface area contributed by atoms with Crippen LogP contribution in [-0.2, 0) is 0 Å². The summed E-state index contributed by atoms with van der Waals surface area (Å²) in [6.45, 7) is 0. The molecule has 3 nitrogen and oxygen atoms in total. The Morgan fingerprint density at radius 3 is 2.94 bits per heavy atom. The van der Waals surface area contributed by atoms with Crippen LogP contribution in [0.2, 0.25) is 0 Å². The molecule has 0 saturated heterocycles. The molecular weight excluding hydrogens is 232 g/mol. The summed E-state index contributed by atoms with van der Waals surface area (Å²) in [5.74, 6) is -0.0553. The summed E-state index contributed by atoms with van der Waals surface area (Å²) in [6.07, 6.45) is 3.64. The number of carbonyl (C=O) groups is 1. The minimum Gasteiger partial charge on any atom is -0.355 e. The number of benzene rings is 1. The van der Waals surface area contributed by atoms with Gasteiger partial charge in [0.15, 0.2) is 0 Å². The number of pyridine rings is 1. The lowest BCUT2D eigenvalue weighted by atomic mass is 10.1. The zero-order chi connectivity index (χ0) is 11.8. The highest BCUT2D eigenvalue weighted by atomic mass is 32.1. The Bertz CT molecular complexity index is 718. The molecule has 1 amide bonds. The van der Waals surface area contributed by atoms with Gasteiger partial charge < -0.3 is 5.32 Å². The molecule has 0 bridgehead atoms. The van der Waals surface area contributed by atoms with Crippen molar-refractivity contribution in [2.45, 2.75) is 0 Å². The average molecular weight is 242 g/mol. The van der Waals surface area contributed by atoms with Gasteiger partial charge in [-0.2, -0.15) is 0 Å². The molecule has 1 N–H and O–H groups in total. The highest BCUT2D eigenvalue weighted by molar-refractivity contribution is 7.25. The summed E-state index contributed by atoms with van der Waals surface area (Å²) in [6, 6.07) is 7.77. The van der Waals surface area contributed by atoms with Gasteiger partial charge in [0.1, 0.15) is 0 Å². The molecule has 2 aromatic heterocycles. The number of thiophene rings is 1. The Hall–Kier alpha value is -1.94. The van der Waals surface area contributed by atoms with E-state index in [4.69, 9.17) is 0 Å². The summed E-state index contributed by atoms with van der Waals surface area (Å²) >= 11 is 1.70. The molecule has 1 aromatic carbocycles. The largest absolute Gasteiger partial charge is 0.355 e. The lowest BCUT2D eigenvalue weighted by Crippen LogP contribution is -2.17. The summed E-state index contributed by atoms with van der Waals surface area (Å²) in [5.41, 5.74) is 0.691. The van der Waals surface area contributed by atoms with E-state index in [1.807, 2.05) is 30.5 Å². The zero-order valence-electron chi connectivity index (χ0n) is 9.23. The Labute approximate surface area is 102 Å². The Kier molecular flexibility index (Phi) is 2.30. The van der Waals surface area contributed by atoms with E-state index in [0.29, 0.717) is 5.56 Å². The number of nitrogens with one attached hydrogen (secondary N) is 1. The summed E-state index contributed by atoms with van der Waals surface area (Å²) in [5, 5.41) is 4.92. The van der Waals surface area contributed by atoms with Crippen molar-refractivity contribution in [3.05, 3.63) is 42.2 Å². The molecule has 0 unspecified atom stereocenters. The van der Waals surface area contributed by atoms with Crippen molar-refractivity contribution >= 4 is 37.4 Å². The van der Waals surface area contributed by atoms with Crippen LogP contribution in [0.4, 0.5) is 0 Å². The number of aromatic nitrogens is 1. The molecule has 3 rings (SSSR count). The molecule has 0 aliphatic rings. The van der Waals surface area contributed by atoms with Gasteiger partial charge in [-0.1, -0.05) is 0 Å². The Morgan fingerprint density at radius 1 is 1.24 bits per heavy atom. The molecule has 3 aromatic rings. The maximum Gasteiger partial charge on any atom is 0.251 e. The first-order valence-corrected chi connectivity index (χ1v) is 6.09. The van der Waals surface area contributed by atoms with Crippen LogP contribution in [0.15, 0.2) is 36.7 Å². The first-order chi connectivity index (χ1) is 8.29. The summed E-state index contributed by atoms with van der Waals surface area (Å²) in [7, 11) is 1.64. The minimum absolute atomic E-state index is 0.0553. The smallest absolute Gasteiger partial charge is 0.251 e. The highest BCUT2D eigenvalue weighted by Crippen LogP contribution is 2.33. The first-order valence-electron chi connectivity index (χ1n) is 5.28. The fraction of sp³-hybridized carbons (Fsp3) is 0.0769. The predicted octanol–water partition coefficient (Wildman–Crippen LogP) is 2.81. The van der Waals surface area contributed by atoms with Gasteiger partial charge in [-0.25, -0.2) is 0 Å². The van der Waals surface area contributed by atoms with Crippen LogP contribution < -0.4 is 5.32 Å². The van der Waals surface area contributed by atoms with Gasteiger partial charge in [-0.15, -0.1) is 11.3 Å². The molecule has 0 aliphatic heterocycles. The van der Waals surface area contributed by atoms with Crippen LogP contribution >= 0.6 is 11.3 Å². The second kappa shape index (κ2) is 3.82. The molecule has 84 valence electrons. The number of hydrogen-bond acceptors (Lipinski definition) is 3. The van der Waals surface area contributed by atoms with E-state index < -0.39 is 0 Å². The lowest BCUT2D eigenvalue weighted by Gasteiger charge is -1.99. The molecule has 2 heterocycles. The second-order valence-corrected chi connectivity index (χ2v) is 4.85. The van der Waals surface area contributed by atoms with Crippen LogP contribution in [0.5, 0.6) is 0 Å². The van der Waals surface area contributed by atoms with Crippen molar-refractivity contribution in [1.29, 1.82) is 0 Å². The van der Waals surface area contributed by atoms with E-state index in [2.05, 4.69) is 10.3 Å². The van der Waals surface area contributed by atoms with E-state index in [0.717, 1.165) is 15.5 Å². The van der Waals surface area contributed by atoms with Gasteiger partial charge in [0, 0.05) is 40.5 Å². The van der Waals surface area contributed by atoms with E-state index in [9.17, 15) is 4.79 Å². The van der Waals surface area contributed by atoms with Gasteiger partial charge in [0.25, 0.3) is 5.91 Å². The molecule has 0 saturated carbocycles. The first kappa shape index (κ1) is 10.2. The lowest BCUT2D eigenvalue weighted by molar-refractivity contribution is 0.0963. The van der Waals surface area contributed by atoms with Crippen molar-refractivity contribution in [2.75, 3.05) is 7.05 Å². The normalized spacial score (nSPS) is 10.9. The highest BCUT2D eigenvalue weighted by Gasteiger charge is 2.08. The van der Waals surface area contributed by atoms with E-state index in [1.54, 1.807) is 24.6 Å². The molecule has 0 radical (unpaired) electrons. The second-order valence-electron chi connectivity index (χ2n) is 3.76. The Morgan fingerprint density at radius 2 is 2.12 bits per heavy atom. The molecule has 0 aliphatic carbocycles. The SMILES string of the molecule is CNC(=O)c1ccc2sc3cnccc3c2c1. The Balaban J connectivity index is 2.33. The third kappa shape index (κ3) is 1.57. The zero-order valence-corrected chi connectivity index (χ0v) is 10.0. The van der Waals surface area contributed by atoms with Crippen molar-refractivity contribution < 1.29 is 4.79 Å². The maximum absolute atomic E-state index is 11.6. The van der Waals surface area contributed by atoms with Crippen LogP contribution in [0.25, 0.3) is 20.2 Å². The molecule has 4 heteroatoms. The maximum atomic E-state index is 11.6. The van der Waals surface area contributed by atoms with Crippen molar-refractivity contribution in [3.8, 4) is 0 Å². The fourth-order valence-electron chi connectivity index (χ4n) is 1.92. The molecule has 0 spiro atoms. The van der Waals surface area contributed by atoms with Gasteiger partial charge in [-0.3, -0.25) is 9.78 Å². The van der Waals surface area contributed by atoms with Crippen LogP contribution in [-0.4, -0.2) is 17.9 Å². The molecule has 0 fully saturated rings. The monoisotopic (exact) mass is 242 g/mol. The number of rotatable bonds is 1. The van der Waals surface area contributed by atoms with Crippen molar-refractivity contribution in [1.82, 2.24) is 10.3 Å². The summed E-state index contributed by atoms with van der Waals surface area (Å²) in [4.78, 5) is 15.7. The van der Waals surface area contributed by atoms with Crippen LogP contribution in [0.1, 0.15) is 10.4 Å². The molecule has 17 heavy (non-hydrogen) atoms. The minimum atomic E-state index is -0.0553. The molecule has 0 atom stereocenters. The number of fused-ring (bicyclic) bond motifs is 3. The van der Waals surface area contributed by atoms with Crippen LogP contribution in [0.3, 0.4) is 0 Å². The number of hydrogen-bond donors (Lipinski definition) is 1. The van der Waals surface area contributed by atoms with E-state index >= 15 is 0 Å². The summed E-state index contributed by atoms with van der Waals surface area (Å²) < 4.78 is 2.33. The van der Waals surface area contributed by atoms with Gasteiger partial charge in [-0.05, 0) is 24.3 Å². The average Bonchev–Trinajstić information content (AvgIpc) is 2.75. The quantitative estimate of drug-likeness (QED) is 0.713. The van der Waals surface area contributed by atoms with Crippen LogP contribution in [0, 0.1) is 0 Å². The van der Waals surface area contributed by atoms with Crippen molar-refractivity contribution in [3.63, 3.8) is 0 Å². The third-order valence-corrected chi connectivity index (χ3v) is 3.88. The van der Waals surface area contributed by atoms with Crippen molar-refractivity contribution in [2.24, 2.45) is 0 Å². The van der Waals surface area contributed by atoms with Gasteiger partial charge in [0.2, 0.25) is 0 Å². The van der Waals surface area contributed by atoms with Gasteiger partial charge >= 0.3 is 0 Å². The number of nitrogens with zero attached hydrogens (tertiary/aromatic N) is 1. The van der Waals surface area contributed by atoms with E-state index in [-0.39, 0.29) is 5.91 Å².